The Labute approximate surface area is 313 Å². The summed E-state index contributed by atoms with van der Waals surface area (Å²) >= 11 is 1.87. The molecule has 0 fully saturated rings. The van der Waals surface area contributed by atoms with Crippen molar-refractivity contribution in [3.05, 3.63) is 205 Å². The van der Waals surface area contributed by atoms with Crippen LogP contribution in [0.15, 0.2) is 188 Å². The van der Waals surface area contributed by atoms with Gasteiger partial charge in [-0.1, -0.05) is 164 Å². The summed E-state index contributed by atoms with van der Waals surface area (Å²) in [5.74, 6) is 0.180. The topological polar surface area (TPSA) is 0 Å². The molecule has 0 spiro atoms. The van der Waals surface area contributed by atoms with E-state index in [2.05, 4.69) is 188 Å². The van der Waals surface area contributed by atoms with E-state index >= 15 is 0 Å². The van der Waals surface area contributed by atoms with Gasteiger partial charge in [0.05, 0.1) is 0 Å². The van der Waals surface area contributed by atoms with Crippen LogP contribution in [0.4, 0.5) is 0 Å². The molecule has 0 saturated carbocycles. The van der Waals surface area contributed by atoms with E-state index in [1.54, 1.807) is 0 Å². The van der Waals surface area contributed by atoms with Gasteiger partial charge >= 0.3 is 0 Å². The summed E-state index contributed by atoms with van der Waals surface area (Å²) in [5.41, 5.74) is 13.2. The quantitative estimate of drug-likeness (QED) is 0.152. The van der Waals surface area contributed by atoms with Crippen LogP contribution in [0.3, 0.4) is 0 Å². The van der Waals surface area contributed by atoms with Crippen molar-refractivity contribution in [3.8, 4) is 43.8 Å². The molecule has 53 heavy (non-hydrogen) atoms. The van der Waals surface area contributed by atoms with E-state index in [1.165, 1.54) is 103 Å². The van der Waals surface area contributed by atoms with Crippen LogP contribution in [-0.4, -0.2) is 0 Å². The van der Waals surface area contributed by atoms with Crippen LogP contribution in [0.2, 0.25) is 0 Å². The molecule has 1 aliphatic carbocycles. The molecule has 0 saturated heterocycles. The Morgan fingerprint density at radius 3 is 1.91 bits per heavy atom. The van der Waals surface area contributed by atoms with Crippen molar-refractivity contribution in [3.63, 3.8) is 0 Å². The molecule has 10 aromatic rings. The molecule has 0 N–H and O–H groups in total. The molecule has 248 valence electrons. The lowest BCUT2D eigenvalue weighted by molar-refractivity contribution is 0.807. The van der Waals surface area contributed by atoms with Crippen molar-refractivity contribution in [2.24, 2.45) is 0 Å². The molecular formula is C52H34S. The minimum atomic E-state index is 0.180. The third-order valence-electron chi connectivity index (χ3n) is 11.4. The summed E-state index contributed by atoms with van der Waals surface area (Å²) in [4.78, 5) is 1.31. The molecule has 1 heteroatoms. The molecule has 1 atom stereocenters. The predicted molar refractivity (Wildman–Crippen MR) is 228 cm³/mol. The number of benzene rings is 9. The van der Waals surface area contributed by atoms with Gasteiger partial charge in [-0.2, -0.15) is 0 Å². The summed E-state index contributed by atoms with van der Waals surface area (Å²) in [6, 6.07) is 70.4. The molecule has 1 heterocycles. The van der Waals surface area contributed by atoms with Crippen LogP contribution in [0.25, 0.3) is 86.2 Å². The van der Waals surface area contributed by atoms with E-state index < -0.39 is 0 Å². The largest absolute Gasteiger partial charge is 0.135 e. The van der Waals surface area contributed by atoms with E-state index in [1.807, 2.05) is 11.3 Å². The first kappa shape index (κ1) is 30.4. The highest BCUT2D eigenvalue weighted by Gasteiger charge is 2.24. The van der Waals surface area contributed by atoms with Crippen molar-refractivity contribution < 1.29 is 0 Å². The Bertz CT molecular complexity index is 3000. The normalized spacial score (nSPS) is 12.5. The molecule has 9 aromatic carbocycles. The van der Waals surface area contributed by atoms with E-state index in [0.29, 0.717) is 0 Å². The molecule has 1 aromatic heterocycles. The Balaban J connectivity index is 1.02. The van der Waals surface area contributed by atoms with Gasteiger partial charge in [-0.3, -0.25) is 0 Å². The number of hydrogen-bond donors (Lipinski definition) is 0. The smallest absolute Gasteiger partial charge is 0.0355 e. The number of rotatable bonds is 6. The Morgan fingerprint density at radius 1 is 0.377 bits per heavy atom. The molecule has 0 aliphatic heterocycles. The zero-order valence-electron chi connectivity index (χ0n) is 29.1. The van der Waals surface area contributed by atoms with Crippen molar-refractivity contribution in [1.82, 2.24) is 0 Å². The Morgan fingerprint density at radius 2 is 1.04 bits per heavy atom. The fraction of sp³-hybridized carbons (Fsp3) is 0.0385. The van der Waals surface area contributed by atoms with Crippen LogP contribution in [0.5, 0.6) is 0 Å². The molecule has 0 bridgehead atoms. The van der Waals surface area contributed by atoms with E-state index in [0.717, 1.165) is 6.42 Å². The van der Waals surface area contributed by atoms with Crippen molar-refractivity contribution in [2.45, 2.75) is 12.3 Å². The zero-order chi connectivity index (χ0) is 34.9. The van der Waals surface area contributed by atoms with Crippen LogP contribution >= 0.6 is 11.3 Å². The van der Waals surface area contributed by atoms with Crippen LogP contribution in [0.1, 0.15) is 22.6 Å². The monoisotopic (exact) mass is 690 g/mol. The van der Waals surface area contributed by atoms with Gasteiger partial charge in [-0.25, -0.2) is 0 Å². The first-order valence-corrected chi connectivity index (χ1v) is 19.3. The average molecular weight is 691 g/mol. The zero-order valence-corrected chi connectivity index (χ0v) is 29.9. The van der Waals surface area contributed by atoms with Crippen molar-refractivity contribution in [2.75, 3.05) is 0 Å². The molecule has 1 aliphatic rings. The molecule has 0 nitrogen and oxygen atoms in total. The predicted octanol–water partition coefficient (Wildman–Crippen LogP) is 14.7. The highest BCUT2D eigenvalue weighted by molar-refractivity contribution is 7.22. The molecule has 0 amide bonds. The van der Waals surface area contributed by atoms with Crippen molar-refractivity contribution >= 4 is 53.7 Å². The average Bonchev–Trinajstić information content (AvgIpc) is 3.80. The molecular weight excluding hydrogens is 657 g/mol. The van der Waals surface area contributed by atoms with Gasteiger partial charge < -0.3 is 0 Å². The Hall–Kier alpha value is -6.28. The third kappa shape index (κ3) is 5.11. The van der Waals surface area contributed by atoms with Crippen LogP contribution in [0, 0.1) is 0 Å². The van der Waals surface area contributed by atoms with Gasteiger partial charge in [0.2, 0.25) is 0 Å². The fourth-order valence-electron chi connectivity index (χ4n) is 8.77. The second-order valence-electron chi connectivity index (χ2n) is 14.5. The van der Waals surface area contributed by atoms with E-state index in [4.69, 9.17) is 0 Å². The minimum Gasteiger partial charge on any atom is -0.135 e. The second-order valence-corrected chi connectivity index (χ2v) is 15.6. The first-order valence-electron chi connectivity index (χ1n) is 18.5. The highest BCUT2D eigenvalue weighted by Crippen LogP contribution is 2.49. The maximum atomic E-state index is 2.49. The third-order valence-corrected chi connectivity index (χ3v) is 12.5. The number of thiophene rings is 1. The maximum Gasteiger partial charge on any atom is 0.0355 e. The molecule has 1 unspecified atom stereocenters. The standard InChI is InChI=1S/C52H34S/c1-3-14-43-34(10-1)19-20-36-23-26-39(30-48(36)43)38-12-7-9-33(27-38)28-47(35-21-24-37(25-22-35)51-32-40-11-2-6-18-50(40)53-51)42-29-41-13-8-17-46-44-15-4-5-16-45(44)49(31-42)52(41)46/h1-27,29-32,47H,28H2. The van der Waals surface area contributed by atoms with Gasteiger partial charge in [0, 0.05) is 15.5 Å². The fourth-order valence-corrected chi connectivity index (χ4v) is 9.84. The van der Waals surface area contributed by atoms with E-state index in [9.17, 15) is 0 Å². The number of fused-ring (bicyclic) bond motifs is 7. The van der Waals surface area contributed by atoms with Crippen LogP contribution < -0.4 is 0 Å². The summed E-state index contributed by atoms with van der Waals surface area (Å²) in [6.07, 6.45) is 0.902. The Kier molecular flexibility index (Phi) is 6.96. The minimum absolute atomic E-state index is 0.180. The lowest BCUT2D eigenvalue weighted by Gasteiger charge is -2.21. The van der Waals surface area contributed by atoms with Crippen LogP contribution in [-0.2, 0) is 6.42 Å². The molecule has 0 radical (unpaired) electrons. The molecule has 11 rings (SSSR count). The van der Waals surface area contributed by atoms with Gasteiger partial charge in [0.25, 0.3) is 0 Å². The lowest BCUT2D eigenvalue weighted by Crippen LogP contribution is -2.06. The van der Waals surface area contributed by atoms with Gasteiger partial charge in [-0.05, 0) is 124 Å². The number of hydrogen-bond acceptors (Lipinski definition) is 1. The summed E-state index contributed by atoms with van der Waals surface area (Å²) < 4.78 is 1.33. The van der Waals surface area contributed by atoms with Gasteiger partial charge in [0.1, 0.15) is 0 Å². The van der Waals surface area contributed by atoms with Crippen molar-refractivity contribution in [1.29, 1.82) is 0 Å². The summed E-state index contributed by atoms with van der Waals surface area (Å²) in [5, 5.41) is 9.16. The second kappa shape index (κ2) is 12.2. The maximum absolute atomic E-state index is 2.49. The van der Waals surface area contributed by atoms with Gasteiger partial charge in [-0.15, -0.1) is 11.3 Å². The summed E-state index contributed by atoms with van der Waals surface area (Å²) in [6.45, 7) is 0. The van der Waals surface area contributed by atoms with Gasteiger partial charge in [0.15, 0.2) is 0 Å². The first-order chi connectivity index (χ1) is 26.2. The summed E-state index contributed by atoms with van der Waals surface area (Å²) in [7, 11) is 0. The lowest BCUT2D eigenvalue weighted by atomic mass is 9.83. The SMILES string of the molecule is c1cc(CC(c2ccc(-c3cc4ccccc4s3)cc2)c2cc3c4c(cccc4c2)-c2ccccc2-3)cc(-c2ccc3ccc4ccccc4c3c2)c1. The van der Waals surface area contributed by atoms with E-state index in [-0.39, 0.29) is 5.92 Å². The highest BCUT2D eigenvalue weighted by atomic mass is 32.1.